The molecule has 2 aliphatic rings. The van der Waals surface area contributed by atoms with E-state index in [1.165, 1.54) is 51.9 Å². The Morgan fingerprint density at radius 2 is 1.78 bits per heavy atom. The molecule has 4 aromatic rings. The van der Waals surface area contributed by atoms with E-state index in [-0.39, 0.29) is 0 Å². The molecule has 0 amide bonds. The molecule has 4 aromatic heterocycles. The van der Waals surface area contributed by atoms with Gasteiger partial charge in [-0.25, -0.2) is 19.5 Å². The fraction of sp³-hybridized carbons (Fsp3) is 0.478. The van der Waals surface area contributed by atoms with Gasteiger partial charge in [-0.15, -0.1) is 5.10 Å². The Labute approximate surface area is 187 Å². The lowest BCUT2D eigenvalue weighted by Gasteiger charge is -2.41. The molecule has 1 saturated carbocycles. The highest BCUT2D eigenvalue weighted by atomic mass is 15.3. The summed E-state index contributed by atoms with van der Waals surface area (Å²) >= 11 is 0. The number of aromatic nitrogens is 6. The molecule has 2 fully saturated rings. The molecule has 9 nitrogen and oxygen atoms in total. The maximum Gasteiger partial charge on any atom is 0.241 e. The van der Waals surface area contributed by atoms with Gasteiger partial charge in [-0.3, -0.25) is 9.30 Å². The third-order valence-electron chi connectivity index (χ3n) is 7.06. The Morgan fingerprint density at radius 3 is 2.62 bits per heavy atom. The molecule has 0 spiro atoms. The van der Waals surface area contributed by atoms with Gasteiger partial charge in [-0.2, -0.15) is 0 Å². The summed E-state index contributed by atoms with van der Waals surface area (Å²) in [6.07, 6.45) is 16.3. The van der Waals surface area contributed by atoms with Crippen molar-refractivity contribution >= 4 is 17.2 Å². The number of likely N-dealkylation sites (N-methyl/N-ethyl adjacent to an activating group) is 1. The summed E-state index contributed by atoms with van der Waals surface area (Å²) in [5.74, 6) is 1.40. The van der Waals surface area contributed by atoms with E-state index in [2.05, 4.69) is 43.2 Å². The Morgan fingerprint density at radius 1 is 0.938 bits per heavy atom. The molecule has 0 bridgehead atoms. The predicted molar refractivity (Wildman–Crippen MR) is 124 cm³/mol. The van der Waals surface area contributed by atoms with Gasteiger partial charge in [0, 0.05) is 80.4 Å². The van der Waals surface area contributed by atoms with Crippen molar-refractivity contribution in [2.45, 2.75) is 37.8 Å². The smallest absolute Gasteiger partial charge is 0.241 e. The molecule has 32 heavy (non-hydrogen) atoms. The zero-order valence-corrected chi connectivity index (χ0v) is 18.4. The van der Waals surface area contributed by atoms with Gasteiger partial charge in [-0.1, -0.05) is 0 Å². The largest absolute Gasteiger partial charge is 0.350 e. The van der Waals surface area contributed by atoms with Crippen LogP contribution in [-0.2, 0) is 0 Å². The van der Waals surface area contributed by atoms with Crippen LogP contribution in [0.3, 0.4) is 0 Å². The Bertz CT molecular complexity index is 1210. The molecule has 1 N–H and O–H groups in total. The van der Waals surface area contributed by atoms with Gasteiger partial charge in [0.1, 0.15) is 0 Å². The van der Waals surface area contributed by atoms with Gasteiger partial charge in [0.15, 0.2) is 0 Å². The van der Waals surface area contributed by atoms with Gasteiger partial charge in [-0.05, 0) is 38.8 Å². The highest BCUT2D eigenvalue weighted by Crippen LogP contribution is 2.27. The van der Waals surface area contributed by atoms with Crippen molar-refractivity contribution in [1.82, 2.24) is 38.8 Å². The fourth-order valence-electron chi connectivity index (χ4n) is 5.12. The average Bonchev–Trinajstić information content (AvgIpc) is 3.46. The van der Waals surface area contributed by atoms with Crippen molar-refractivity contribution in [3.8, 4) is 11.1 Å². The number of imidazole rings is 1. The molecule has 166 valence electrons. The first-order valence-electron chi connectivity index (χ1n) is 11.6. The van der Waals surface area contributed by atoms with Crippen molar-refractivity contribution in [3.63, 3.8) is 0 Å². The maximum atomic E-state index is 4.72. The van der Waals surface area contributed by atoms with E-state index in [1.807, 2.05) is 39.9 Å². The number of hydrogen-bond donors (Lipinski definition) is 1. The lowest BCUT2D eigenvalue weighted by Crippen LogP contribution is -2.50. The minimum absolute atomic E-state index is 0.444. The number of nitrogens with one attached hydrogen (secondary N) is 1. The normalized spacial score (nSPS) is 23.2. The van der Waals surface area contributed by atoms with Crippen LogP contribution in [0.25, 0.3) is 22.4 Å². The summed E-state index contributed by atoms with van der Waals surface area (Å²) in [6.45, 7) is 4.80. The lowest BCUT2D eigenvalue weighted by atomic mass is 9.90. The van der Waals surface area contributed by atoms with Crippen molar-refractivity contribution in [2.24, 2.45) is 0 Å². The number of rotatable bonds is 4. The summed E-state index contributed by atoms with van der Waals surface area (Å²) < 4.78 is 3.83. The molecule has 0 unspecified atom stereocenters. The first-order chi connectivity index (χ1) is 15.7. The van der Waals surface area contributed by atoms with Crippen molar-refractivity contribution < 1.29 is 0 Å². The lowest BCUT2D eigenvalue weighted by molar-refractivity contribution is 0.0893. The van der Waals surface area contributed by atoms with Gasteiger partial charge in [0.05, 0.1) is 11.7 Å². The summed E-state index contributed by atoms with van der Waals surface area (Å²) in [5.41, 5.74) is 3.05. The monoisotopic (exact) mass is 431 g/mol. The zero-order valence-electron chi connectivity index (χ0n) is 18.4. The molecule has 1 aliphatic carbocycles. The van der Waals surface area contributed by atoms with E-state index in [0.29, 0.717) is 17.8 Å². The number of nitrogens with zero attached hydrogens (tertiary/aromatic N) is 8. The third-order valence-corrected chi connectivity index (χ3v) is 7.06. The SMILES string of the molecule is CN1CCN([C@H]2CC[C@H](Nc3ncc4c(-c5cnc6nccn6c5)ccn4n3)CC2)CC1. The van der Waals surface area contributed by atoms with Crippen LogP contribution < -0.4 is 5.32 Å². The average molecular weight is 432 g/mol. The molecular formula is C23H29N9. The Balaban J connectivity index is 1.13. The van der Waals surface area contributed by atoms with E-state index >= 15 is 0 Å². The molecule has 9 heteroatoms. The highest BCUT2D eigenvalue weighted by Gasteiger charge is 2.28. The van der Waals surface area contributed by atoms with Crippen LogP contribution in [0, 0.1) is 0 Å². The van der Waals surface area contributed by atoms with Crippen molar-refractivity contribution in [3.05, 3.63) is 43.2 Å². The van der Waals surface area contributed by atoms with Crippen molar-refractivity contribution in [2.75, 3.05) is 38.5 Å². The summed E-state index contributed by atoms with van der Waals surface area (Å²) in [6, 6.07) is 3.24. The fourth-order valence-corrected chi connectivity index (χ4v) is 5.12. The number of fused-ring (bicyclic) bond motifs is 2. The predicted octanol–water partition coefficient (Wildman–Crippen LogP) is 2.41. The summed E-state index contributed by atoms with van der Waals surface area (Å²) in [5, 5.41) is 8.30. The molecule has 0 radical (unpaired) electrons. The second kappa shape index (κ2) is 8.14. The molecule has 1 saturated heterocycles. The van der Waals surface area contributed by atoms with Crippen LogP contribution in [0.15, 0.2) is 43.2 Å². The maximum absolute atomic E-state index is 4.72. The van der Waals surface area contributed by atoms with Crippen molar-refractivity contribution in [1.29, 1.82) is 0 Å². The van der Waals surface area contributed by atoms with Crippen LogP contribution in [0.4, 0.5) is 5.95 Å². The van der Waals surface area contributed by atoms with Crippen LogP contribution >= 0.6 is 0 Å². The van der Waals surface area contributed by atoms with E-state index in [0.717, 1.165) is 22.7 Å². The first kappa shape index (κ1) is 19.6. The highest BCUT2D eigenvalue weighted by molar-refractivity contribution is 5.79. The van der Waals surface area contributed by atoms with E-state index in [4.69, 9.17) is 5.10 Å². The van der Waals surface area contributed by atoms with Gasteiger partial charge in [0.2, 0.25) is 11.7 Å². The molecule has 5 heterocycles. The Hall–Kier alpha value is -3.04. The minimum atomic E-state index is 0.444. The topological polar surface area (TPSA) is 78.9 Å². The second-order valence-electron chi connectivity index (χ2n) is 9.11. The molecule has 6 rings (SSSR count). The van der Waals surface area contributed by atoms with Gasteiger partial charge in [0.25, 0.3) is 0 Å². The van der Waals surface area contributed by atoms with Gasteiger partial charge >= 0.3 is 0 Å². The van der Waals surface area contributed by atoms with Crippen LogP contribution in [0.2, 0.25) is 0 Å². The number of piperazine rings is 1. The molecule has 1 aliphatic heterocycles. The van der Waals surface area contributed by atoms with Gasteiger partial charge < -0.3 is 10.2 Å². The number of hydrogen-bond acceptors (Lipinski definition) is 7. The summed E-state index contributed by atoms with van der Waals surface area (Å²) in [4.78, 5) is 18.4. The quantitative estimate of drug-likeness (QED) is 0.532. The van der Waals surface area contributed by atoms with E-state index in [9.17, 15) is 0 Å². The standard InChI is InChI=1S/C23H29N9/c1-29-10-12-30(13-11-29)19-4-2-18(3-5-19)27-22-25-15-21-20(6-8-32(21)28-22)17-14-26-23-24-7-9-31(23)16-17/h6-9,14-16,18-19H,2-5,10-13H2,1H3,(H,27,28)/t18-,19-. The Kier molecular flexibility index (Phi) is 4.99. The van der Waals surface area contributed by atoms with Crippen LogP contribution in [-0.4, -0.2) is 84.1 Å². The van der Waals surface area contributed by atoms with E-state index in [1.54, 1.807) is 6.20 Å². The molecule has 0 atom stereocenters. The van der Waals surface area contributed by atoms with E-state index < -0.39 is 0 Å². The summed E-state index contributed by atoms with van der Waals surface area (Å²) in [7, 11) is 2.22. The molecule has 0 aromatic carbocycles. The van der Waals surface area contributed by atoms with Crippen LogP contribution in [0.5, 0.6) is 0 Å². The third kappa shape index (κ3) is 3.71. The van der Waals surface area contributed by atoms with Crippen LogP contribution in [0.1, 0.15) is 25.7 Å². The zero-order chi connectivity index (χ0) is 21.5. The second-order valence-corrected chi connectivity index (χ2v) is 9.11. The number of anilines is 1. The minimum Gasteiger partial charge on any atom is -0.350 e. The first-order valence-corrected chi connectivity index (χ1v) is 11.6. The molecular weight excluding hydrogens is 402 g/mol.